The predicted octanol–water partition coefficient (Wildman–Crippen LogP) is 3.12. The Kier molecular flexibility index (Phi) is 4.54. The van der Waals surface area contributed by atoms with Gasteiger partial charge in [0.2, 0.25) is 0 Å². The van der Waals surface area contributed by atoms with Crippen LogP contribution in [0.25, 0.3) is 0 Å². The molecule has 21 heavy (non-hydrogen) atoms. The van der Waals surface area contributed by atoms with Crippen molar-refractivity contribution in [3.05, 3.63) is 17.7 Å². The SMILES string of the molecule is COc1cc(N2CCCCC2)c(OC)cc1C1CCCN1. The zero-order valence-corrected chi connectivity index (χ0v) is 13.2. The molecule has 0 spiro atoms. The second kappa shape index (κ2) is 6.56. The maximum Gasteiger partial charge on any atom is 0.142 e. The third kappa shape index (κ3) is 2.95. The van der Waals surface area contributed by atoms with E-state index in [0.717, 1.165) is 31.1 Å². The van der Waals surface area contributed by atoms with E-state index in [-0.39, 0.29) is 0 Å². The van der Waals surface area contributed by atoms with Crippen molar-refractivity contribution in [1.82, 2.24) is 5.32 Å². The fourth-order valence-corrected chi connectivity index (χ4v) is 3.51. The van der Waals surface area contributed by atoms with Gasteiger partial charge in [0.05, 0.1) is 19.9 Å². The van der Waals surface area contributed by atoms with Crippen molar-refractivity contribution in [2.75, 3.05) is 38.8 Å². The lowest BCUT2D eigenvalue weighted by atomic mass is 10.0. The first-order valence-electron chi connectivity index (χ1n) is 8.07. The summed E-state index contributed by atoms with van der Waals surface area (Å²) in [4.78, 5) is 2.43. The van der Waals surface area contributed by atoms with Gasteiger partial charge in [-0.2, -0.15) is 0 Å². The van der Waals surface area contributed by atoms with Gasteiger partial charge in [0, 0.05) is 30.8 Å². The van der Waals surface area contributed by atoms with Gasteiger partial charge in [-0.05, 0) is 44.7 Å². The van der Waals surface area contributed by atoms with E-state index >= 15 is 0 Å². The number of rotatable bonds is 4. The molecule has 2 aliphatic heterocycles. The van der Waals surface area contributed by atoms with Crippen LogP contribution in [0.2, 0.25) is 0 Å². The molecule has 4 nitrogen and oxygen atoms in total. The number of hydrogen-bond acceptors (Lipinski definition) is 4. The highest BCUT2D eigenvalue weighted by atomic mass is 16.5. The average molecular weight is 290 g/mol. The van der Waals surface area contributed by atoms with E-state index < -0.39 is 0 Å². The van der Waals surface area contributed by atoms with Crippen LogP contribution in [0.15, 0.2) is 12.1 Å². The monoisotopic (exact) mass is 290 g/mol. The summed E-state index contributed by atoms with van der Waals surface area (Å²) in [6.45, 7) is 3.31. The highest BCUT2D eigenvalue weighted by molar-refractivity contribution is 5.64. The first-order valence-corrected chi connectivity index (χ1v) is 8.07. The Morgan fingerprint density at radius 2 is 1.76 bits per heavy atom. The molecular formula is C17H26N2O2. The van der Waals surface area contributed by atoms with Gasteiger partial charge in [0.25, 0.3) is 0 Å². The van der Waals surface area contributed by atoms with E-state index in [9.17, 15) is 0 Å². The molecule has 0 radical (unpaired) electrons. The molecular weight excluding hydrogens is 264 g/mol. The molecule has 4 heteroatoms. The largest absolute Gasteiger partial charge is 0.496 e. The van der Waals surface area contributed by atoms with E-state index in [4.69, 9.17) is 9.47 Å². The minimum Gasteiger partial charge on any atom is -0.496 e. The first-order chi connectivity index (χ1) is 10.3. The molecule has 116 valence electrons. The fourth-order valence-electron chi connectivity index (χ4n) is 3.51. The van der Waals surface area contributed by atoms with Crippen molar-refractivity contribution in [3.63, 3.8) is 0 Å². The van der Waals surface area contributed by atoms with Crippen molar-refractivity contribution in [2.24, 2.45) is 0 Å². The molecule has 1 unspecified atom stereocenters. The number of methoxy groups -OCH3 is 2. The molecule has 2 saturated heterocycles. The maximum absolute atomic E-state index is 5.67. The second-order valence-corrected chi connectivity index (χ2v) is 5.96. The summed E-state index contributed by atoms with van der Waals surface area (Å²) in [6, 6.07) is 4.73. The third-order valence-electron chi connectivity index (χ3n) is 4.66. The maximum atomic E-state index is 5.67. The quantitative estimate of drug-likeness (QED) is 0.924. The molecule has 1 N–H and O–H groups in total. The molecule has 0 amide bonds. The van der Waals surface area contributed by atoms with Gasteiger partial charge < -0.3 is 19.7 Å². The Hall–Kier alpha value is -1.42. The predicted molar refractivity (Wildman–Crippen MR) is 85.6 cm³/mol. The van der Waals surface area contributed by atoms with Crippen molar-refractivity contribution >= 4 is 5.69 Å². The molecule has 0 saturated carbocycles. The molecule has 3 rings (SSSR count). The number of ether oxygens (including phenoxy) is 2. The van der Waals surface area contributed by atoms with E-state index in [0.29, 0.717) is 6.04 Å². The summed E-state index contributed by atoms with van der Waals surface area (Å²) < 4.78 is 11.3. The highest BCUT2D eigenvalue weighted by Gasteiger charge is 2.24. The Balaban J connectivity index is 1.96. The van der Waals surface area contributed by atoms with Crippen LogP contribution in [0.4, 0.5) is 5.69 Å². The fraction of sp³-hybridized carbons (Fsp3) is 0.647. The van der Waals surface area contributed by atoms with Crippen LogP contribution in [0.5, 0.6) is 11.5 Å². The van der Waals surface area contributed by atoms with E-state index in [2.05, 4.69) is 22.3 Å². The minimum absolute atomic E-state index is 0.393. The Morgan fingerprint density at radius 1 is 1.00 bits per heavy atom. The topological polar surface area (TPSA) is 33.7 Å². The zero-order chi connectivity index (χ0) is 14.7. The molecule has 2 heterocycles. The first kappa shape index (κ1) is 14.5. The lowest BCUT2D eigenvalue weighted by Gasteiger charge is -2.31. The van der Waals surface area contributed by atoms with E-state index in [1.54, 1.807) is 14.2 Å². The number of hydrogen-bond donors (Lipinski definition) is 1. The standard InChI is InChI=1S/C17H26N2O2/c1-20-16-12-15(19-9-4-3-5-10-19)17(21-2)11-13(16)14-7-6-8-18-14/h11-12,14,18H,3-10H2,1-2H3. The molecule has 1 aromatic rings. The van der Waals surface area contributed by atoms with Crippen LogP contribution in [-0.2, 0) is 0 Å². The molecule has 2 fully saturated rings. The van der Waals surface area contributed by atoms with Crippen molar-refractivity contribution < 1.29 is 9.47 Å². The third-order valence-corrected chi connectivity index (χ3v) is 4.66. The Morgan fingerprint density at radius 3 is 2.38 bits per heavy atom. The highest BCUT2D eigenvalue weighted by Crippen LogP contribution is 2.40. The summed E-state index contributed by atoms with van der Waals surface area (Å²) in [6.07, 6.45) is 6.25. The van der Waals surface area contributed by atoms with Gasteiger partial charge in [0.15, 0.2) is 0 Å². The lowest BCUT2D eigenvalue weighted by Crippen LogP contribution is -2.29. The number of benzene rings is 1. The smallest absolute Gasteiger partial charge is 0.142 e. The van der Waals surface area contributed by atoms with Crippen LogP contribution < -0.4 is 19.7 Å². The van der Waals surface area contributed by atoms with E-state index in [1.165, 1.54) is 43.4 Å². The van der Waals surface area contributed by atoms with Gasteiger partial charge in [-0.1, -0.05) is 0 Å². The van der Waals surface area contributed by atoms with Crippen LogP contribution in [0.3, 0.4) is 0 Å². The average Bonchev–Trinajstić information content (AvgIpc) is 3.08. The van der Waals surface area contributed by atoms with Gasteiger partial charge in [-0.3, -0.25) is 0 Å². The number of nitrogens with one attached hydrogen (secondary N) is 1. The minimum atomic E-state index is 0.393. The Bertz CT molecular complexity index is 478. The Labute approximate surface area is 127 Å². The lowest BCUT2D eigenvalue weighted by molar-refractivity contribution is 0.392. The van der Waals surface area contributed by atoms with Gasteiger partial charge >= 0.3 is 0 Å². The molecule has 2 aliphatic rings. The molecule has 0 aliphatic carbocycles. The molecule has 0 bridgehead atoms. The summed E-state index contributed by atoms with van der Waals surface area (Å²) in [5.41, 5.74) is 2.41. The van der Waals surface area contributed by atoms with Gasteiger partial charge in [0.1, 0.15) is 11.5 Å². The number of piperidine rings is 1. The summed E-state index contributed by atoms with van der Waals surface area (Å²) in [5.74, 6) is 1.96. The zero-order valence-electron chi connectivity index (χ0n) is 13.2. The second-order valence-electron chi connectivity index (χ2n) is 5.96. The number of nitrogens with zero attached hydrogens (tertiary/aromatic N) is 1. The summed E-state index contributed by atoms with van der Waals surface area (Å²) >= 11 is 0. The molecule has 0 aromatic heterocycles. The van der Waals surface area contributed by atoms with Crippen molar-refractivity contribution in [1.29, 1.82) is 0 Å². The van der Waals surface area contributed by atoms with Gasteiger partial charge in [-0.15, -0.1) is 0 Å². The van der Waals surface area contributed by atoms with Crippen LogP contribution in [0.1, 0.15) is 43.7 Å². The molecule has 1 atom stereocenters. The van der Waals surface area contributed by atoms with Crippen molar-refractivity contribution in [2.45, 2.75) is 38.1 Å². The normalized spacial score (nSPS) is 22.4. The number of anilines is 1. The van der Waals surface area contributed by atoms with Crippen molar-refractivity contribution in [3.8, 4) is 11.5 Å². The summed E-state index contributed by atoms with van der Waals surface area (Å²) in [5, 5.41) is 3.55. The molecule has 1 aromatic carbocycles. The van der Waals surface area contributed by atoms with E-state index in [1.807, 2.05) is 0 Å². The van der Waals surface area contributed by atoms with Crippen LogP contribution in [-0.4, -0.2) is 33.9 Å². The van der Waals surface area contributed by atoms with Gasteiger partial charge in [-0.25, -0.2) is 0 Å². The summed E-state index contributed by atoms with van der Waals surface area (Å²) in [7, 11) is 3.53. The van der Waals surface area contributed by atoms with Crippen LogP contribution >= 0.6 is 0 Å². The van der Waals surface area contributed by atoms with Crippen LogP contribution in [0, 0.1) is 0 Å².